The molecule has 0 atom stereocenters. The summed E-state index contributed by atoms with van der Waals surface area (Å²) in [7, 11) is 0. The Kier molecular flexibility index (Phi) is 6.24. The molecule has 1 aliphatic carbocycles. The third kappa shape index (κ3) is 4.53. The molecule has 144 valence electrons. The van der Waals surface area contributed by atoms with Crippen molar-refractivity contribution < 1.29 is 4.79 Å². The van der Waals surface area contributed by atoms with E-state index in [1.54, 1.807) is 11.8 Å². The molecule has 1 saturated carbocycles. The molecular weight excluding hydrogens is 402 g/mol. The number of nitrogens with zero attached hydrogens (tertiary/aromatic N) is 1. The molecular formula is C23H23NOS3. The molecule has 1 heterocycles. The third-order valence-electron chi connectivity index (χ3n) is 5.20. The van der Waals surface area contributed by atoms with Crippen LogP contribution in [-0.2, 0) is 4.79 Å². The molecule has 2 aromatic rings. The maximum Gasteiger partial charge on any atom is 0.266 e. The van der Waals surface area contributed by atoms with Gasteiger partial charge in [-0.2, -0.15) is 0 Å². The van der Waals surface area contributed by atoms with Crippen LogP contribution in [0.3, 0.4) is 0 Å². The molecule has 0 N–H and O–H groups in total. The minimum atomic E-state index is 0.0833. The van der Waals surface area contributed by atoms with Crippen LogP contribution in [0.4, 0.5) is 0 Å². The molecule has 1 amide bonds. The Morgan fingerprint density at radius 3 is 2.25 bits per heavy atom. The van der Waals surface area contributed by atoms with Gasteiger partial charge in [0.15, 0.2) is 0 Å². The Morgan fingerprint density at radius 1 is 1.00 bits per heavy atom. The second kappa shape index (κ2) is 8.85. The van der Waals surface area contributed by atoms with Gasteiger partial charge in [0.25, 0.3) is 5.91 Å². The molecule has 0 spiro atoms. The van der Waals surface area contributed by atoms with Crippen molar-refractivity contribution in [3.05, 3.63) is 64.6 Å². The third-order valence-corrected chi connectivity index (χ3v) is 7.54. The highest BCUT2D eigenvalue weighted by molar-refractivity contribution is 8.26. The van der Waals surface area contributed by atoms with Crippen LogP contribution in [0.1, 0.15) is 43.2 Å². The largest absolute Gasteiger partial charge is 0.290 e. The highest BCUT2D eigenvalue weighted by Crippen LogP contribution is 2.37. The van der Waals surface area contributed by atoms with Crippen LogP contribution in [0.2, 0.25) is 0 Å². The van der Waals surface area contributed by atoms with Gasteiger partial charge in [-0.15, -0.1) is 0 Å². The Labute approximate surface area is 180 Å². The maximum absolute atomic E-state index is 12.9. The number of thiocarbonyl (C=S) groups is 1. The average molecular weight is 426 g/mol. The molecule has 0 radical (unpaired) electrons. The summed E-state index contributed by atoms with van der Waals surface area (Å²) in [4.78, 5) is 17.9. The molecule has 0 unspecified atom stereocenters. The van der Waals surface area contributed by atoms with E-state index in [0.29, 0.717) is 6.04 Å². The lowest BCUT2D eigenvalue weighted by Gasteiger charge is -2.29. The van der Waals surface area contributed by atoms with Gasteiger partial charge in [0, 0.05) is 15.8 Å². The number of amides is 1. The summed E-state index contributed by atoms with van der Waals surface area (Å²) in [5, 5.41) is 0. The van der Waals surface area contributed by atoms with E-state index < -0.39 is 0 Å². The summed E-state index contributed by atoms with van der Waals surface area (Å²) in [6, 6.07) is 17.2. The first kappa shape index (κ1) is 19.7. The number of benzene rings is 2. The minimum absolute atomic E-state index is 0.0833. The fraction of sp³-hybridized carbons (Fsp3) is 0.304. The Bertz CT molecular complexity index is 896. The number of carbonyl (C=O) groups is 1. The van der Waals surface area contributed by atoms with Crippen molar-refractivity contribution in [1.29, 1.82) is 0 Å². The topological polar surface area (TPSA) is 20.3 Å². The Balaban J connectivity index is 1.45. The number of thioether (sulfide) groups is 1. The lowest BCUT2D eigenvalue weighted by molar-refractivity contribution is -0.124. The number of aryl methyl sites for hydroxylation is 1. The number of carbonyl (C=O) groups excluding carboxylic acids is 1. The molecule has 5 heteroatoms. The van der Waals surface area contributed by atoms with Crippen LogP contribution < -0.4 is 0 Å². The number of hydrogen-bond donors (Lipinski definition) is 0. The summed E-state index contributed by atoms with van der Waals surface area (Å²) in [6.07, 6.45) is 7.79. The van der Waals surface area contributed by atoms with Gasteiger partial charge in [-0.05, 0) is 55.7 Å². The lowest BCUT2D eigenvalue weighted by atomic mass is 9.94. The van der Waals surface area contributed by atoms with Gasteiger partial charge in [0.1, 0.15) is 4.32 Å². The molecule has 28 heavy (non-hydrogen) atoms. The van der Waals surface area contributed by atoms with Crippen LogP contribution in [-0.4, -0.2) is 21.2 Å². The molecule has 2 nitrogen and oxygen atoms in total. The summed E-state index contributed by atoms with van der Waals surface area (Å²) < 4.78 is 0.717. The predicted molar refractivity (Wildman–Crippen MR) is 124 cm³/mol. The highest BCUT2D eigenvalue weighted by Gasteiger charge is 2.37. The zero-order valence-corrected chi connectivity index (χ0v) is 18.3. The van der Waals surface area contributed by atoms with Crippen LogP contribution in [0.15, 0.2) is 63.2 Å². The van der Waals surface area contributed by atoms with Crippen LogP contribution in [0.5, 0.6) is 0 Å². The van der Waals surface area contributed by atoms with Crippen molar-refractivity contribution in [3.8, 4) is 0 Å². The van der Waals surface area contributed by atoms with E-state index in [1.807, 2.05) is 11.0 Å². The fourth-order valence-corrected chi connectivity index (χ4v) is 5.88. The van der Waals surface area contributed by atoms with E-state index >= 15 is 0 Å². The van der Waals surface area contributed by atoms with Crippen LogP contribution in [0.25, 0.3) is 6.08 Å². The van der Waals surface area contributed by atoms with Gasteiger partial charge in [-0.25, -0.2) is 0 Å². The Hall–Kier alpha value is -1.56. The van der Waals surface area contributed by atoms with Crippen molar-refractivity contribution in [3.63, 3.8) is 0 Å². The smallest absolute Gasteiger partial charge is 0.266 e. The van der Waals surface area contributed by atoms with E-state index in [4.69, 9.17) is 12.2 Å². The van der Waals surface area contributed by atoms with Gasteiger partial charge < -0.3 is 0 Å². The van der Waals surface area contributed by atoms with E-state index in [-0.39, 0.29) is 5.91 Å². The summed E-state index contributed by atoms with van der Waals surface area (Å²) >= 11 is 8.71. The van der Waals surface area contributed by atoms with Crippen LogP contribution in [0, 0.1) is 6.92 Å². The second-order valence-electron chi connectivity index (χ2n) is 7.33. The average Bonchev–Trinajstić information content (AvgIpc) is 2.99. The quantitative estimate of drug-likeness (QED) is 0.402. The van der Waals surface area contributed by atoms with E-state index in [9.17, 15) is 4.79 Å². The minimum Gasteiger partial charge on any atom is -0.290 e. The number of rotatable bonds is 4. The van der Waals surface area contributed by atoms with Gasteiger partial charge in [-0.1, -0.05) is 84.8 Å². The van der Waals surface area contributed by atoms with Gasteiger partial charge in [0.05, 0.1) is 4.91 Å². The van der Waals surface area contributed by atoms with E-state index in [2.05, 4.69) is 55.5 Å². The standard InChI is InChI=1S/C23H23NOS3/c1-16-7-11-19(12-8-16)27-20-13-9-17(10-14-20)15-21-22(25)24(23(26)28-21)18-5-3-2-4-6-18/h7-15,18H,2-6H2,1H3/b21-15+. The van der Waals surface area contributed by atoms with Gasteiger partial charge in [0.2, 0.25) is 0 Å². The molecule has 2 fully saturated rings. The van der Waals surface area contributed by atoms with Gasteiger partial charge >= 0.3 is 0 Å². The summed E-state index contributed by atoms with van der Waals surface area (Å²) in [5.74, 6) is 0.0833. The van der Waals surface area contributed by atoms with Crippen molar-refractivity contribution in [2.24, 2.45) is 0 Å². The van der Waals surface area contributed by atoms with Crippen molar-refractivity contribution in [1.82, 2.24) is 4.90 Å². The molecule has 0 bridgehead atoms. The zero-order valence-electron chi connectivity index (χ0n) is 15.9. The first-order valence-electron chi connectivity index (χ1n) is 9.72. The predicted octanol–water partition coefficient (Wildman–Crippen LogP) is 6.68. The second-order valence-corrected chi connectivity index (χ2v) is 10.2. The molecule has 1 aliphatic heterocycles. The Morgan fingerprint density at radius 2 is 1.61 bits per heavy atom. The number of hydrogen-bond acceptors (Lipinski definition) is 4. The van der Waals surface area contributed by atoms with E-state index in [1.165, 1.54) is 46.4 Å². The molecule has 2 aromatic carbocycles. The van der Waals surface area contributed by atoms with Crippen LogP contribution >= 0.6 is 35.7 Å². The normalized spacial score (nSPS) is 19.6. The maximum atomic E-state index is 12.9. The molecule has 4 rings (SSSR count). The molecule has 2 aliphatic rings. The van der Waals surface area contributed by atoms with E-state index in [0.717, 1.165) is 27.6 Å². The monoisotopic (exact) mass is 425 g/mol. The van der Waals surface area contributed by atoms with Crippen molar-refractivity contribution in [2.45, 2.75) is 54.9 Å². The fourth-order valence-electron chi connectivity index (χ4n) is 3.66. The summed E-state index contributed by atoms with van der Waals surface area (Å²) in [6.45, 7) is 2.10. The molecule has 0 aromatic heterocycles. The SMILES string of the molecule is Cc1ccc(Sc2ccc(/C=C3/SC(=S)N(C4CCCCC4)C3=O)cc2)cc1. The van der Waals surface area contributed by atoms with Crippen molar-refractivity contribution >= 4 is 52.0 Å². The molecule has 1 saturated heterocycles. The summed E-state index contributed by atoms with van der Waals surface area (Å²) in [5.41, 5.74) is 2.31. The van der Waals surface area contributed by atoms with Crippen molar-refractivity contribution in [2.75, 3.05) is 0 Å². The lowest BCUT2D eigenvalue weighted by Crippen LogP contribution is -2.39. The first-order valence-corrected chi connectivity index (χ1v) is 11.8. The highest BCUT2D eigenvalue weighted by atomic mass is 32.2. The first-order chi connectivity index (χ1) is 13.6. The van der Waals surface area contributed by atoms with Gasteiger partial charge in [-0.3, -0.25) is 9.69 Å². The zero-order chi connectivity index (χ0) is 19.5.